The third-order valence-electron chi connectivity index (χ3n) is 4.14. The summed E-state index contributed by atoms with van der Waals surface area (Å²) in [5.74, 6) is -0.603. The van der Waals surface area contributed by atoms with Gasteiger partial charge in [-0.05, 0) is 74.5 Å². The summed E-state index contributed by atoms with van der Waals surface area (Å²) in [5.41, 5.74) is 18.4. The number of fused-ring (bicyclic) bond motifs is 2. The van der Waals surface area contributed by atoms with Gasteiger partial charge in [-0.2, -0.15) is 0 Å². The Morgan fingerprint density at radius 3 is 1.50 bits per heavy atom. The average molecular weight is 354 g/mol. The largest absolute Gasteiger partial charge is 0.366 e. The van der Waals surface area contributed by atoms with Crippen LogP contribution in [-0.4, -0.2) is 29.5 Å². The minimum Gasteiger partial charge on any atom is -0.366 e. The summed E-state index contributed by atoms with van der Waals surface area (Å²) in [4.78, 5) is 23.2. The molecule has 0 radical (unpaired) electrons. The molecule has 0 saturated carbocycles. The van der Waals surface area contributed by atoms with E-state index in [-0.39, 0.29) is 5.91 Å². The van der Waals surface area contributed by atoms with Gasteiger partial charge in [0.25, 0.3) is 5.91 Å². The molecule has 26 heavy (non-hydrogen) atoms. The van der Waals surface area contributed by atoms with E-state index in [4.69, 9.17) is 17.2 Å². The number of aromatic nitrogens is 1. The summed E-state index contributed by atoms with van der Waals surface area (Å²) in [6.07, 6.45) is 4.79. The van der Waals surface area contributed by atoms with Gasteiger partial charge in [-0.15, -0.1) is 0 Å². The molecule has 3 aromatic rings. The van der Waals surface area contributed by atoms with Crippen molar-refractivity contribution in [3.8, 4) is 0 Å². The second kappa shape index (κ2) is 9.70. The van der Waals surface area contributed by atoms with Crippen LogP contribution in [0.25, 0.3) is 11.0 Å². The van der Waals surface area contributed by atoms with E-state index in [0.717, 1.165) is 37.0 Å². The molecule has 0 aliphatic heterocycles. The summed E-state index contributed by atoms with van der Waals surface area (Å²) >= 11 is 0. The Morgan fingerprint density at radius 2 is 1.12 bits per heavy atom. The molecular weight excluding hydrogens is 328 g/mol. The molecule has 0 aliphatic carbocycles. The minimum atomic E-state index is -0.498. The molecule has 6 nitrogen and oxygen atoms in total. The highest BCUT2D eigenvalue weighted by molar-refractivity contribution is 6.03. The molecule has 2 aromatic heterocycles. The standard InChI is InChI=1S/C14H10N2O2.C6H16N2/c15-13(17)9-1-3-10(4-2-9)14(18)16-11-5-6-12(16)8-7-11;7-5-3-1-2-4-6-8/h1-8H,(H2,15,17);1-8H2. The van der Waals surface area contributed by atoms with Crippen molar-refractivity contribution in [2.24, 2.45) is 17.2 Å². The molecule has 0 spiro atoms. The molecule has 0 fully saturated rings. The summed E-state index contributed by atoms with van der Waals surface area (Å²) in [6.45, 7) is 1.65. The number of nitrogens with two attached hydrogens (primary N) is 3. The summed E-state index contributed by atoms with van der Waals surface area (Å²) in [7, 11) is 0. The summed E-state index contributed by atoms with van der Waals surface area (Å²) in [5, 5.41) is 0. The maximum Gasteiger partial charge on any atom is 0.262 e. The van der Waals surface area contributed by atoms with Crippen molar-refractivity contribution in [2.45, 2.75) is 25.7 Å². The Labute approximate surface area is 153 Å². The van der Waals surface area contributed by atoms with E-state index >= 15 is 0 Å². The van der Waals surface area contributed by atoms with Gasteiger partial charge in [0.2, 0.25) is 5.91 Å². The first kappa shape index (κ1) is 19.6. The van der Waals surface area contributed by atoms with Crippen LogP contribution in [0.1, 0.15) is 46.4 Å². The first-order chi connectivity index (χ1) is 12.6. The second-order valence-electron chi connectivity index (χ2n) is 6.09. The van der Waals surface area contributed by atoms with Crippen molar-refractivity contribution in [3.63, 3.8) is 0 Å². The van der Waals surface area contributed by atoms with E-state index in [9.17, 15) is 9.59 Å². The minimum absolute atomic E-state index is 0.106. The molecular formula is C20H26N4O2. The number of nitrogens with zero attached hydrogens (tertiary/aromatic N) is 1. The van der Waals surface area contributed by atoms with Gasteiger partial charge in [-0.1, -0.05) is 12.8 Å². The van der Waals surface area contributed by atoms with Crippen LogP contribution in [0, 0.1) is 0 Å². The van der Waals surface area contributed by atoms with Gasteiger partial charge < -0.3 is 17.2 Å². The fourth-order valence-corrected chi connectivity index (χ4v) is 2.68. The topological polar surface area (TPSA) is 117 Å². The van der Waals surface area contributed by atoms with Gasteiger partial charge in [0.05, 0.1) is 0 Å². The van der Waals surface area contributed by atoms with E-state index in [1.54, 1.807) is 28.8 Å². The smallest absolute Gasteiger partial charge is 0.262 e. The van der Waals surface area contributed by atoms with Crippen LogP contribution in [0.4, 0.5) is 0 Å². The first-order valence-electron chi connectivity index (χ1n) is 8.83. The lowest BCUT2D eigenvalue weighted by molar-refractivity contribution is 0.0965. The van der Waals surface area contributed by atoms with Crippen molar-refractivity contribution >= 4 is 22.8 Å². The number of carbonyl (C=O) groups is 2. The lowest BCUT2D eigenvalue weighted by Gasteiger charge is -2.03. The monoisotopic (exact) mass is 354 g/mol. The van der Waals surface area contributed by atoms with Crippen LogP contribution in [-0.2, 0) is 0 Å². The number of rotatable bonds is 7. The maximum absolute atomic E-state index is 12.3. The Balaban J connectivity index is 0.000000260. The molecule has 2 heterocycles. The highest BCUT2D eigenvalue weighted by Gasteiger charge is 2.14. The highest BCUT2D eigenvalue weighted by Crippen LogP contribution is 2.19. The Kier molecular flexibility index (Phi) is 7.32. The molecule has 0 saturated heterocycles. The normalized spacial score (nSPS) is 10.5. The quantitative estimate of drug-likeness (QED) is 0.564. The van der Waals surface area contributed by atoms with Crippen LogP contribution in [0.2, 0.25) is 0 Å². The number of hydrogen-bond donors (Lipinski definition) is 3. The summed E-state index contributed by atoms with van der Waals surface area (Å²) < 4.78 is 1.64. The molecule has 0 atom stereocenters. The molecule has 0 unspecified atom stereocenters. The van der Waals surface area contributed by atoms with Crippen molar-refractivity contribution < 1.29 is 9.59 Å². The van der Waals surface area contributed by atoms with E-state index in [1.807, 2.05) is 24.3 Å². The lowest BCUT2D eigenvalue weighted by Crippen LogP contribution is -2.13. The Morgan fingerprint density at radius 1 is 0.692 bits per heavy atom. The number of benzene rings is 2. The van der Waals surface area contributed by atoms with Crippen LogP contribution in [0.5, 0.6) is 0 Å². The molecule has 138 valence electrons. The second-order valence-corrected chi connectivity index (χ2v) is 6.09. The van der Waals surface area contributed by atoms with Gasteiger partial charge in [-0.25, -0.2) is 0 Å². The van der Waals surface area contributed by atoms with Crippen molar-refractivity contribution in [3.05, 3.63) is 59.7 Å². The Bertz CT molecular complexity index is 770. The fraction of sp³-hybridized carbons (Fsp3) is 0.300. The van der Waals surface area contributed by atoms with E-state index in [1.165, 1.54) is 12.8 Å². The van der Waals surface area contributed by atoms with E-state index in [0.29, 0.717) is 11.1 Å². The van der Waals surface area contributed by atoms with Gasteiger partial charge >= 0.3 is 0 Å². The maximum atomic E-state index is 12.3. The predicted octanol–water partition coefficient (Wildman–Crippen LogP) is 2.33. The highest BCUT2D eigenvalue weighted by atomic mass is 16.2. The van der Waals surface area contributed by atoms with Gasteiger partial charge in [-0.3, -0.25) is 14.2 Å². The van der Waals surface area contributed by atoms with Crippen molar-refractivity contribution in [2.75, 3.05) is 13.1 Å². The third kappa shape index (κ3) is 4.91. The zero-order valence-electron chi connectivity index (χ0n) is 14.9. The fourth-order valence-electron chi connectivity index (χ4n) is 2.68. The summed E-state index contributed by atoms with van der Waals surface area (Å²) in [6, 6.07) is 13.9. The molecule has 3 rings (SSSR count). The van der Waals surface area contributed by atoms with Gasteiger partial charge in [0.15, 0.2) is 0 Å². The molecule has 6 N–H and O–H groups in total. The molecule has 2 bridgehead atoms. The first-order valence-corrected chi connectivity index (χ1v) is 8.83. The zero-order valence-corrected chi connectivity index (χ0v) is 14.9. The van der Waals surface area contributed by atoms with Crippen LogP contribution in [0.15, 0.2) is 48.5 Å². The SMILES string of the molecule is NC(=O)c1ccc(C(=O)n2c3ccc2cc3)cc1.NCCCCCCN. The van der Waals surface area contributed by atoms with Gasteiger partial charge in [0, 0.05) is 22.2 Å². The number of hydrogen-bond acceptors (Lipinski definition) is 4. The van der Waals surface area contributed by atoms with E-state index in [2.05, 4.69) is 0 Å². The van der Waals surface area contributed by atoms with Crippen LogP contribution >= 0.6 is 0 Å². The number of amides is 1. The number of primary amides is 1. The average Bonchev–Trinajstić information content (AvgIpc) is 3.26. The Hall–Kier alpha value is -2.70. The van der Waals surface area contributed by atoms with Crippen molar-refractivity contribution in [1.29, 1.82) is 0 Å². The molecule has 1 aromatic carbocycles. The molecule has 6 heteroatoms. The van der Waals surface area contributed by atoms with E-state index < -0.39 is 5.91 Å². The van der Waals surface area contributed by atoms with Gasteiger partial charge in [0.1, 0.15) is 0 Å². The van der Waals surface area contributed by atoms with Crippen LogP contribution < -0.4 is 17.2 Å². The number of unbranched alkanes of at least 4 members (excludes halogenated alkanes) is 3. The van der Waals surface area contributed by atoms with Crippen molar-refractivity contribution in [1.82, 2.24) is 4.57 Å². The number of carbonyl (C=O) groups excluding carboxylic acids is 2. The predicted molar refractivity (Wildman–Crippen MR) is 104 cm³/mol. The molecule has 1 amide bonds. The lowest BCUT2D eigenvalue weighted by atomic mass is 10.1. The third-order valence-corrected chi connectivity index (χ3v) is 4.14. The zero-order chi connectivity index (χ0) is 18.9. The van der Waals surface area contributed by atoms with Crippen LogP contribution in [0.3, 0.4) is 0 Å². The molecule has 0 aliphatic rings.